The van der Waals surface area contributed by atoms with E-state index in [1.807, 2.05) is 45.9 Å². The van der Waals surface area contributed by atoms with Crippen LogP contribution in [-0.4, -0.2) is 26.7 Å². The van der Waals surface area contributed by atoms with Crippen molar-refractivity contribution in [3.8, 4) is 5.75 Å². The lowest BCUT2D eigenvalue weighted by Crippen LogP contribution is -2.40. The number of aryl methyl sites for hydroxylation is 1. The molecule has 0 heterocycles. The zero-order chi connectivity index (χ0) is 20.9. The maximum Gasteiger partial charge on any atom is 0.261 e. The molecule has 0 aromatic heterocycles. The van der Waals surface area contributed by atoms with Gasteiger partial charge in [0.05, 0.1) is 10.9 Å². The van der Waals surface area contributed by atoms with E-state index in [0.717, 1.165) is 16.7 Å². The van der Waals surface area contributed by atoms with Crippen LogP contribution in [-0.2, 0) is 14.6 Å². The molecule has 2 atom stereocenters. The molecule has 0 saturated carbocycles. The summed E-state index contributed by atoms with van der Waals surface area (Å²) in [6, 6.07) is 12.2. The van der Waals surface area contributed by atoms with Crippen molar-refractivity contribution in [3.63, 3.8) is 0 Å². The van der Waals surface area contributed by atoms with Gasteiger partial charge < -0.3 is 10.1 Å². The predicted octanol–water partition coefficient (Wildman–Crippen LogP) is 4.13. The maximum atomic E-state index is 12.8. The van der Waals surface area contributed by atoms with E-state index in [0.29, 0.717) is 18.6 Å². The number of amides is 1. The van der Waals surface area contributed by atoms with Crippen LogP contribution in [0.5, 0.6) is 5.75 Å². The molecule has 1 amide bonds. The van der Waals surface area contributed by atoms with Gasteiger partial charge in [0, 0.05) is 6.26 Å². The van der Waals surface area contributed by atoms with Crippen LogP contribution in [0.3, 0.4) is 0 Å². The average Bonchev–Trinajstić information content (AvgIpc) is 2.66. The maximum absolute atomic E-state index is 12.8. The number of hydrogen-bond donors (Lipinski definition) is 1. The highest BCUT2D eigenvalue weighted by Crippen LogP contribution is 2.24. The Bertz CT molecular complexity index is 920. The predicted molar refractivity (Wildman–Crippen MR) is 111 cm³/mol. The highest BCUT2D eigenvalue weighted by molar-refractivity contribution is 7.90. The van der Waals surface area contributed by atoms with E-state index in [-0.39, 0.29) is 16.8 Å². The van der Waals surface area contributed by atoms with Crippen molar-refractivity contribution < 1.29 is 17.9 Å². The molecule has 0 unspecified atom stereocenters. The molecule has 1 N–H and O–H groups in total. The standard InChI is InChI=1S/C22H29NO4S/c1-6-19(17-11-13-18(14-12-17)28(5,25)26)23-22(24)20(7-2)27-21-10-8-9-15(3)16(21)4/h8-14,19-20H,6-7H2,1-5H3,(H,23,24)/t19-,20+/m1/s1. The van der Waals surface area contributed by atoms with Crippen LogP contribution in [0.15, 0.2) is 47.4 Å². The third kappa shape index (κ3) is 5.35. The number of benzene rings is 2. The summed E-state index contributed by atoms with van der Waals surface area (Å²) in [6.07, 6.45) is 1.81. The molecule has 2 rings (SSSR count). The summed E-state index contributed by atoms with van der Waals surface area (Å²) >= 11 is 0. The van der Waals surface area contributed by atoms with E-state index in [9.17, 15) is 13.2 Å². The highest BCUT2D eigenvalue weighted by Gasteiger charge is 2.23. The van der Waals surface area contributed by atoms with Crippen molar-refractivity contribution >= 4 is 15.7 Å². The fourth-order valence-corrected chi connectivity index (χ4v) is 3.59. The first-order valence-electron chi connectivity index (χ1n) is 9.50. The van der Waals surface area contributed by atoms with E-state index < -0.39 is 15.9 Å². The normalized spacial score (nSPS) is 13.6. The summed E-state index contributed by atoms with van der Waals surface area (Å²) in [5.74, 6) is 0.537. The lowest BCUT2D eigenvalue weighted by molar-refractivity contribution is -0.129. The van der Waals surface area contributed by atoms with Gasteiger partial charge in [-0.1, -0.05) is 38.1 Å². The van der Waals surface area contributed by atoms with Crippen molar-refractivity contribution in [3.05, 3.63) is 59.2 Å². The van der Waals surface area contributed by atoms with Gasteiger partial charge in [-0.25, -0.2) is 8.42 Å². The first-order valence-corrected chi connectivity index (χ1v) is 11.4. The first-order chi connectivity index (χ1) is 13.2. The molecule has 0 bridgehead atoms. The van der Waals surface area contributed by atoms with Gasteiger partial charge in [0.1, 0.15) is 5.75 Å². The average molecular weight is 404 g/mol. The molecule has 2 aromatic rings. The molecule has 0 aliphatic heterocycles. The molecule has 5 nitrogen and oxygen atoms in total. The highest BCUT2D eigenvalue weighted by atomic mass is 32.2. The second-order valence-corrected chi connectivity index (χ2v) is 9.04. The SMILES string of the molecule is CC[C@H](Oc1cccc(C)c1C)C(=O)N[C@H](CC)c1ccc(S(C)(=O)=O)cc1. The van der Waals surface area contributed by atoms with E-state index >= 15 is 0 Å². The van der Waals surface area contributed by atoms with Crippen LogP contribution in [0.25, 0.3) is 0 Å². The fourth-order valence-electron chi connectivity index (χ4n) is 2.96. The Morgan fingerprint density at radius 3 is 2.21 bits per heavy atom. The summed E-state index contributed by atoms with van der Waals surface area (Å²) in [7, 11) is -3.24. The third-order valence-electron chi connectivity index (χ3n) is 4.92. The summed E-state index contributed by atoms with van der Waals surface area (Å²) in [5.41, 5.74) is 3.01. The van der Waals surface area contributed by atoms with Crippen LogP contribution in [0, 0.1) is 13.8 Å². The van der Waals surface area contributed by atoms with Crippen LogP contribution < -0.4 is 10.1 Å². The Hall–Kier alpha value is -2.34. The molecule has 0 aliphatic carbocycles. The van der Waals surface area contributed by atoms with Crippen molar-refractivity contribution in [1.82, 2.24) is 5.32 Å². The van der Waals surface area contributed by atoms with E-state index in [1.165, 1.54) is 6.26 Å². The summed E-state index contributed by atoms with van der Waals surface area (Å²) in [6.45, 7) is 7.88. The Morgan fingerprint density at radius 1 is 1.04 bits per heavy atom. The van der Waals surface area contributed by atoms with Gasteiger partial charge in [-0.15, -0.1) is 0 Å². The fraction of sp³-hybridized carbons (Fsp3) is 0.409. The smallest absolute Gasteiger partial charge is 0.261 e. The van der Waals surface area contributed by atoms with Crippen LogP contribution in [0.2, 0.25) is 0 Å². The molecule has 0 saturated heterocycles. The lowest BCUT2D eigenvalue weighted by Gasteiger charge is -2.23. The van der Waals surface area contributed by atoms with Gasteiger partial charge in [0.2, 0.25) is 0 Å². The summed E-state index contributed by atoms with van der Waals surface area (Å²) in [4.78, 5) is 13.1. The largest absolute Gasteiger partial charge is 0.480 e. The zero-order valence-corrected chi connectivity index (χ0v) is 18.0. The van der Waals surface area contributed by atoms with Crippen LogP contribution in [0.1, 0.15) is 49.4 Å². The molecule has 0 fully saturated rings. The Labute approximate surface area is 168 Å². The molecule has 6 heteroatoms. The van der Waals surface area contributed by atoms with E-state index in [2.05, 4.69) is 5.32 Å². The Morgan fingerprint density at radius 2 is 1.68 bits per heavy atom. The number of nitrogens with one attached hydrogen (secondary N) is 1. The number of sulfone groups is 1. The molecule has 28 heavy (non-hydrogen) atoms. The van der Waals surface area contributed by atoms with Gasteiger partial charge in [-0.05, 0) is 61.6 Å². The van der Waals surface area contributed by atoms with Crippen molar-refractivity contribution in [2.24, 2.45) is 0 Å². The minimum absolute atomic E-state index is 0.178. The summed E-state index contributed by atoms with van der Waals surface area (Å²) in [5, 5.41) is 3.03. The van der Waals surface area contributed by atoms with Crippen molar-refractivity contribution in [2.45, 2.75) is 57.6 Å². The Kier molecular flexibility index (Phi) is 7.24. The van der Waals surface area contributed by atoms with Gasteiger partial charge in [-0.2, -0.15) is 0 Å². The van der Waals surface area contributed by atoms with Crippen LogP contribution >= 0.6 is 0 Å². The zero-order valence-electron chi connectivity index (χ0n) is 17.2. The van der Waals surface area contributed by atoms with Crippen molar-refractivity contribution in [2.75, 3.05) is 6.26 Å². The van der Waals surface area contributed by atoms with E-state index in [1.54, 1.807) is 24.3 Å². The minimum atomic E-state index is -3.24. The lowest BCUT2D eigenvalue weighted by atomic mass is 10.0. The molecule has 0 radical (unpaired) electrons. The third-order valence-corrected chi connectivity index (χ3v) is 6.05. The molecular formula is C22H29NO4S. The number of ether oxygens (including phenoxy) is 1. The second-order valence-electron chi connectivity index (χ2n) is 7.02. The number of carbonyl (C=O) groups excluding carboxylic acids is 1. The van der Waals surface area contributed by atoms with Gasteiger partial charge in [-0.3, -0.25) is 4.79 Å². The number of rotatable bonds is 8. The quantitative estimate of drug-likeness (QED) is 0.719. The molecule has 2 aromatic carbocycles. The molecule has 152 valence electrons. The monoisotopic (exact) mass is 403 g/mol. The molecule has 0 spiro atoms. The minimum Gasteiger partial charge on any atom is -0.480 e. The first kappa shape index (κ1) is 22.0. The molecule has 0 aliphatic rings. The van der Waals surface area contributed by atoms with Crippen LogP contribution in [0.4, 0.5) is 0 Å². The number of carbonyl (C=O) groups is 1. The van der Waals surface area contributed by atoms with Gasteiger partial charge in [0.25, 0.3) is 5.91 Å². The van der Waals surface area contributed by atoms with Crippen molar-refractivity contribution in [1.29, 1.82) is 0 Å². The van der Waals surface area contributed by atoms with Gasteiger partial charge >= 0.3 is 0 Å². The Balaban J connectivity index is 2.14. The van der Waals surface area contributed by atoms with E-state index in [4.69, 9.17) is 4.74 Å². The second kappa shape index (κ2) is 9.24. The number of hydrogen-bond acceptors (Lipinski definition) is 4. The molecular weight excluding hydrogens is 374 g/mol. The van der Waals surface area contributed by atoms with Gasteiger partial charge in [0.15, 0.2) is 15.9 Å². The topological polar surface area (TPSA) is 72.5 Å². The summed E-state index contributed by atoms with van der Waals surface area (Å²) < 4.78 is 29.2.